The highest BCUT2D eigenvalue weighted by atomic mass is 32.1. The molecule has 0 saturated carbocycles. The number of thiophene rings is 1. The average Bonchev–Trinajstić information content (AvgIpc) is 2.98. The molecule has 3 N–H and O–H groups in total. The molecule has 1 amide bonds. The Morgan fingerprint density at radius 1 is 1.33 bits per heavy atom. The first-order chi connectivity index (χ1) is 14.1. The van der Waals surface area contributed by atoms with Crippen molar-refractivity contribution >= 4 is 27.5 Å². The Balaban J connectivity index is 1.58. The minimum atomic E-state index is -4.51. The molecule has 0 radical (unpaired) electrons. The number of hydrogen-bond donors (Lipinski definition) is 3. The van der Waals surface area contributed by atoms with E-state index in [0.29, 0.717) is 16.0 Å². The third kappa shape index (κ3) is 4.88. The molecule has 2 heterocycles. The van der Waals surface area contributed by atoms with Gasteiger partial charge in [0.15, 0.2) is 0 Å². The molecule has 3 aromatic rings. The lowest BCUT2D eigenvalue weighted by molar-refractivity contribution is -0.137. The van der Waals surface area contributed by atoms with Crippen LogP contribution in [0.15, 0.2) is 29.1 Å². The number of fused-ring (bicyclic) bond motifs is 1. The van der Waals surface area contributed by atoms with E-state index in [-0.39, 0.29) is 30.5 Å². The van der Waals surface area contributed by atoms with Gasteiger partial charge in [-0.05, 0) is 37.1 Å². The number of hydrogen-bond acceptors (Lipinski definition) is 5. The second kappa shape index (κ2) is 8.57. The van der Waals surface area contributed by atoms with Gasteiger partial charge in [-0.15, -0.1) is 11.3 Å². The molecule has 0 saturated heterocycles. The Bertz CT molecular complexity index is 1140. The number of benzene rings is 1. The number of aliphatic hydroxyl groups excluding tert-OH is 1. The van der Waals surface area contributed by atoms with E-state index in [1.165, 1.54) is 23.5 Å². The van der Waals surface area contributed by atoms with Crippen molar-refractivity contribution < 1.29 is 23.1 Å². The summed E-state index contributed by atoms with van der Waals surface area (Å²) >= 11 is 1.41. The summed E-state index contributed by atoms with van der Waals surface area (Å²) in [7, 11) is 0. The standard InChI is InChI=1S/C20H20F3N3O3S/c1-10-11(2)30-19-17(10)18(29)25-15(26-19)6-7-16(28)24-9-14(27)12-4-3-5-13(8-12)20(21,22)23/h3-5,8,14,27H,6-7,9H2,1-2H3,(H,24,28)(H,25,26,29). The summed E-state index contributed by atoms with van der Waals surface area (Å²) in [5.41, 5.74) is -0.172. The first-order valence-corrected chi connectivity index (χ1v) is 9.98. The summed E-state index contributed by atoms with van der Waals surface area (Å²) in [5, 5.41) is 13.1. The summed E-state index contributed by atoms with van der Waals surface area (Å²) < 4.78 is 38.3. The predicted octanol–water partition coefficient (Wildman–Crippen LogP) is 3.40. The van der Waals surface area contributed by atoms with Crippen LogP contribution in [0.2, 0.25) is 0 Å². The van der Waals surface area contributed by atoms with E-state index < -0.39 is 23.8 Å². The quantitative estimate of drug-likeness (QED) is 0.549. The van der Waals surface area contributed by atoms with Crippen LogP contribution in [0.3, 0.4) is 0 Å². The second-order valence-electron chi connectivity index (χ2n) is 6.92. The van der Waals surface area contributed by atoms with Crippen LogP contribution in [-0.2, 0) is 17.4 Å². The molecule has 0 fully saturated rings. The molecule has 10 heteroatoms. The van der Waals surface area contributed by atoms with Crippen molar-refractivity contribution in [2.24, 2.45) is 0 Å². The van der Waals surface area contributed by atoms with E-state index in [1.807, 2.05) is 13.8 Å². The molecule has 6 nitrogen and oxygen atoms in total. The minimum absolute atomic E-state index is 0.00704. The van der Waals surface area contributed by atoms with Crippen molar-refractivity contribution in [3.63, 3.8) is 0 Å². The molecule has 0 aliphatic rings. The van der Waals surface area contributed by atoms with Crippen molar-refractivity contribution in [3.8, 4) is 0 Å². The van der Waals surface area contributed by atoms with Gasteiger partial charge in [0, 0.05) is 24.3 Å². The molecular weight excluding hydrogens is 419 g/mol. The molecule has 30 heavy (non-hydrogen) atoms. The van der Waals surface area contributed by atoms with Gasteiger partial charge in [0.05, 0.1) is 17.1 Å². The lowest BCUT2D eigenvalue weighted by Gasteiger charge is -2.14. The Morgan fingerprint density at radius 2 is 2.07 bits per heavy atom. The fourth-order valence-corrected chi connectivity index (χ4v) is 4.04. The molecule has 1 unspecified atom stereocenters. The van der Waals surface area contributed by atoms with E-state index in [9.17, 15) is 27.9 Å². The van der Waals surface area contributed by atoms with E-state index in [1.54, 1.807) is 0 Å². The molecule has 2 aromatic heterocycles. The molecular formula is C20H20F3N3O3S. The number of aromatic nitrogens is 2. The number of carbonyl (C=O) groups is 1. The van der Waals surface area contributed by atoms with Gasteiger partial charge in [0.1, 0.15) is 10.7 Å². The zero-order valence-electron chi connectivity index (χ0n) is 16.3. The molecule has 0 bridgehead atoms. The molecule has 0 spiro atoms. The van der Waals surface area contributed by atoms with Crippen molar-refractivity contribution in [2.75, 3.05) is 6.54 Å². The van der Waals surface area contributed by atoms with Gasteiger partial charge in [-0.2, -0.15) is 13.2 Å². The van der Waals surface area contributed by atoms with Crippen LogP contribution in [0.25, 0.3) is 10.2 Å². The number of nitrogens with one attached hydrogen (secondary N) is 2. The van der Waals surface area contributed by atoms with Gasteiger partial charge < -0.3 is 15.4 Å². The lowest BCUT2D eigenvalue weighted by atomic mass is 10.1. The number of nitrogens with zero attached hydrogens (tertiary/aromatic N) is 1. The molecule has 0 aliphatic heterocycles. The van der Waals surface area contributed by atoms with E-state index in [0.717, 1.165) is 22.6 Å². The maximum Gasteiger partial charge on any atom is 0.416 e. The van der Waals surface area contributed by atoms with Crippen molar-refractivity contribution in [3.05, 3.63) is 62.0 Å². The van der Waals surface area contributed by atoms with Gasteiger partial charge >= 0.3 is 6.18 Å². The summed E-state index contributed by atoms with van der Waals surface area (Å²) in [4.78, 5) is 33.0. The third-order valence-corrected chi connectivity index (χ3v) is 5.87. The number of carbonyl (C=O) groups excluding carboxylic acids is 1. The van der Waals surface area contributed by atoms with Gasteiger partial charge in [-0.3, -0.25) is 9.59 Å². The van der Waals surface area contributed by atoms with Crippen LogP contribution in [0.5, 0.6) is 0 Å². The van der Waals surface area contributed by atoms with Crippen LogP contribution >= 0.6 is 11.3 Å². The summed E-state index contributed by atoms with van der Waals surface area (Å²) in [6, 6.07) is 4.33. The number of aryl methyl sites for hydroxylation is 3. The Kier molecular flexibility index (Phi) is 6.27. The maximum atomic E-state index is 12.8. The van der Waals surface area contributed by atoms with Gasteiger partial charge in [-0.25, -0.2) is 4.98 Å². The van der Waals surface area contributed by atoms with Crippen molar-refractivity contribution in [1.29, 1.82) is 0 Å². The zero-order chi connectivity index (χ0) is 22.1. The number of aromatic amines is 1. The molecule has 0 aliphatic carbocycles. The normalized spacial score (nSPS) is 12.9. The summed E-state index contributed by atoms with van der Waals surface area (Å²) in [6.45, 7) is 3.53. The number of halogens is 3. The molecule has 3 rings (SSSR count). The van der Waals surface area contributed by atoms with E-state index in [2.05, 4.69) is 15.3 Å². The van der Waals surface area contributed by atoms with Gasteiger partial charge in [-0.1, -0.05) is 12.1 Å². The Hall–Kier alpha value is -2.72. The lowest BCUT2D eigenvalue weighted by Crippen LogP contribution is -2.29. The van der Waals surface area contributed by atoms with Crippen LogP contribution in [-0.4, -0.2) is 27.5 Å². The van der Waals surface area contributed by atoms with E-state index in [4.69, 9.17) is 0 Å². The minimum Gasteiger partial charge on any atom is -0.387 e. The number of alkyl halides is 3. The fraction of sp³-hybridized carbons (Fsp3) is 0.350. The number of rotatable bonds is 6. The third-order valence-electron chi connectivity index (χ3n) is 4.77. The second-order valence-corrected chi connectivity index (χ2v) is 8.12. The highest BCUT2D eigenvalue weighted by Gasteiger charge is 2.30. The number of amides is 1. The monoisotopic (exact) mass is 439 g/mol. The highest BCUT2D eigenvalue weighted by Crippen LogP contribution is 2.30. The van der Waals surface area contributed by atoms with Crippen molar-refractivity contribution in [2.45, 2.75) is 39.0 Å². The summed E-state index contributed by atoms with van der Waals surface area (Å²) in [5.74, 6) is -0.0374. The first-order valence-electron chi connectivity index (χ1n) is 9.17. The molecule has 1 atom stereocenters. The molecule has 160 valence electrons. The number of aliphatic hydroxyl groups is 1. The highest BCUT2D eigenvalue weighted by molar-refractivity contribution is 7.18. The topological polar surface area (TPSA) is 95.1 Å². The largest absolute Gasteiger partial charge is 0.416 e. The summed E-state index contributed by atoms with van der Waals surface area (Å²) in [6.07, 6.45) is -5.59. The van der Waals surface area contributed by atoms with Crippen molar-refractivity contribution in [1.82, 2.24) is 15.3 Å². The zero-order valence-corrected chi connectivity index (χ0v) is 17.1. The van der Waals surface area contributed by atoms with Crippen LogP contribution in [0.1, 0.15) is 39.9 Å². The van der Waals surface area contributed by atoms with Crippen LogP contribution in [0, 0.1) is 13.8 Å². The predicted molar refractivity (Wildman–Crippen MR) is 107 cm³/mol. The van der Waals surface area contributed by atoms with Gasteiger partial charge in [0.25, 0.3) is 5.56 Å². The first kappa shape index (κ1) is 22.0. The van der Waals surface area contributed by atoms with Gasteiger partial charge in [0.2, 0.25) is 5.91 Å². The molecule has 1 aromatic carbocycles. The SMILES string of the molecule is Cc1sc2nc(CCC(=O)NCC(O)c3cccc(C(F)(F)F)c3)[nH]c(=O)c2c1C. The smallest absolute Gasteiger partial charge is 0.387 e. The Labute approximate surface area is 173 Å². The Morgan fingerprint density at radius 3 is 2.77 bits per heavy atom. The van der Waals surface area contributed by atoms with E-state index >= 15 is 0 Å². The fourth-order valence-electron chi connectivity index (χ4n) is 2.99. The maximum absolute atomic E-state index is 12.8. The average molecular weight is 439 g/mol. The van der Waals surface area contributed by atoms with Crippen LogP contribution in [0.4, 0.5) is 13.2 Å². The van der Waals surface area contributed by atoms with Crippen LogP contribution < -0.4 is 10.9 Å². The number of H-pyrrole nitrogens is 1.